The number of thiophene rings is 1. The molecule has 0 bridgehead atoms. The predicted molar refractivity (Wildman–Crippen MR) is 105 cm³/mol. The molecule has 0 N–H and O–H groups in total. The minimum absolute atomic E-state index is 0.109. The number of allylic oxidation sites excluding steroid dienone is 1. The standard InChI is InChI=1S/C21H17NO6S/c1-12-7-8-29-18(12)11-17-21(24)15-5-3-13(9-16(15)27-17)26-20(23)6-4-14-10-19(25-2)22-28-14/h3,5,7-11H,4,6H2,1-2H3/b17-11-. The molecule has 0 atom stereocenters. The summed E-state index contributed by atoms with van der Waals surface area (Å²) in [6, 6.07) is 8.32. The molecular formula is C21H17NO6S. The maximum atomic E-state index is 12.5. The van der Waals surface area contributed by atoms with E-state index in [-0.39, 0.29) is 18.0 Å². The Morgan fingerprint density at radius 3 is 2.86 bits per heavy atom. The van der Waals surface area contributed by atoms with E-state index >= 15 is 0 Å². The summed E-state index contributed by atoms with van der Waals surface area (Å²) in [4.78, 5) is 25.6. The van der Waals surface area contributed by atoms with E-state index in [2.05, 4.69) is 5.16 Å². The Morgan fingerprint density at radius 1 is 1.28 bits per heavy atom. The van der Waals surface area contributed by atoms with Crippen molar-refractivity contribution in [2.24, 2.45) is 0 Å². The number of hydrogen-bond acceptors (Lipinski definition) is 8. The first-order valence-corrected chi connectivity index (χ1v) is 9.74. The molecular weight excluding hydrogens is 394 g/mol. The molecule has 0 unspecified atom stereocenters. The SMILES string of the molecule is COc1cc(CCC(=O)Oc2ccc3c(c2)O/C(=C\c2sccc2C)C3=O)on1. The molecule has 1 aliphatic rings. The van der Waals surface area contributed by atoms with Gasteiger partial charge >= 0.3 is 5.97 Å². The number of nitrogens with zero attached hydrogens (tertiary/aromatic N) is 1. The van der Waals surface area contributed by atoms with Crippen molar-refractivity contribution in [3.05, 3.63) is 63.2 Å². The Morgan fingerprint density at radius 2 is 2.14 bits per heavy atom. The molecule has 0 aliphatic carbocycles. The fourth-order valence-electron chi connectivity index (χ4n) is 2.80. The number of hydrogen-bond donors (Lipinski definition) is 0. The van der Waals surface area contributed by atoms with E-state index in [4.69, 9.17) is 18.7 Å². The number of aromatic nitrogens is 1. The molecule has 0 fully saturated rings. The second-order valence-corrected chi connectivity index (χ2v) is 7.32. The minimum Gasteiger partial charge on any atom is -0.479 e. The lowest BCUT2D eigenvalue weighted by molar-refractivity contribution is -0.134. The van der Waals surface area contributed by atoms with Crippen molar-refractivity contribution in [3.63, 3.8) is 0 Å². The van der Waals surface area contributed by atoms with Gasteiger partial charge in [-0.15, -0.1) is 11.3 Å². The molecule has 4 rings (SSSR count). The minimum atomic E-state index is -0.436. The fourth-order valence-corrected chi connectivity index (χ4v) is 3.65. The predicted octanol–water partition coefficient (Wildman–Crippen LogP) is 4.21. The average molecular weight is 411 g/mol. The van der Waals surface area contributed by atoms with Crippen molar-refractivity contribution >= 4 is 29.2 Å². The summed E-state index contributed by atoms with van der Waals surface area (Å²) in [6.45, 7) is 1.97. The highest BCUT2D eigenvalue weighted by Gasteiger charge is 2.28. The third kappa shape index (κ3) is 4.07. The number of aryl methyl sites for hydroxylation is 2. The van der Waals surface area contributed by atoms with Crippen LogP contribution in [-0.2, 0) is 11.2 Å². The first kappa shape index (κ1) is 18.9. The molecule has 1 aliphatic heterocycles. The number of benzene rings is 1. The lowest BCUT2D eigenvalue weighted by atomic mass is 10.1. The summed E-state index contributed by atoms with van der Waals surface area (Å²) in [7, 11) is 1.48. The second-order valence-electron chi connectivity index (χ2n) is 6.38. The van der Waals surface area contributed by atoms with Crippen LogP contribution in [-0.4, -0.2) is 24.0 Å². The monoisotopic (exact) mass is 411 g/mol. The Hall–Kier alpha value is -3.39. The van der Waals surface area contributed by atoms with Crippen LogP contribution in [0.2, 0.25) is 0 Å². The highest BCUT2D eigenvalue weighted by atomic mass is 32.1. The summed E-state index contributed by atoms with van der Waals surface area (Å²) in [6.07, 6.45) is 2.18. The zero-order chi connectivity index (χ0) is 20.4. The number of ketones is 1. The average Bonchev–Trinajstić information content (AvgIpc) is 3.41. The van der Waals surface area contributed by atoms with Crippen molar-refractivity contribution in [1.29, 1.82) is 0 Å². The van der Waals surface area contributed by atoms with Crippen LogP contribution in [0.3, 0.4) is 0 Å². The summed E-state index contributed by atoms with van der Waals surface area (Å²) < 4.78 is 21.0. The molecule has 2 aromatic heterocycles. The highest BCUT2D eigenvalue weighted by Crippen LogP contribution is 2.35. The summed E-state index contributed by atoms with van der Waals surface area (Å²) in [5, 5.41) is 5.64. The first-order valence-electron chi connectivity index (χ1n) is 8.86. The summed E-state index contributed by atoms with van der Waals surface area (Å²) >= 11 is 1.54. The van der Waals surface area contributed by atoms with E-state index in [1.54, 1.807) is 30.3 Å². The van der Waals surface area contributed by atoms with Gasteiger partial charge in [-0.25, -0.2) is 0 Å². The Labute approximate surface area is 170 Å². The van der Waals surface area contributed by atoms with Crippen molar-refractivity contribution in [2.75, 3.05) is 7.11 Å². The molecule has 0 amide bonds. The molecule has 7 nitrogen and oxygen atoms in total. The van der Waals surface area contributed by atoms with Crippen molar-refractivity contribution in [2.45, 2.75) is 19.8 Å². The van der Waals surface area contributed by atoms with Gasteiger partial charge in [0.1, 0.15) is 17.3 Å². The molecule has 3 heterocycles. The van der Waals surface area contributed by atoms with E-state index in [0.29, 0.717) is 35.1 Å². The third-order valence-electron chi connectivity index (χ3n) is 4.36. The van der Waals surface area contributed by atoms with Gasteiger partial charge in [-0.3, -0.25) is 9.59 Å². The van der Waals surface area contributed by atoms with Gasteiger partial charge in [-0.05, 0) is 41.2 Å². The zero-order valence-corrected chi connectivity index (χ0v) is 16.6. The normalized spacial score (nSPS) is 14.0. The van der Waals surface area contributed by atoms with Gasteiger partial charge in [-0.2, -0.15) is 0 Å². The molecule has 148 valence electrons. The number of Topliss-reactive ketones (excluding diaryl/α,β-unsaturated/α-hetero) is 1. The number of carbonyl (C=O) groups is 2. The number of rotatable bonds is 6. The topological polar surface area (TPSA) is 87.9 Å². The first-order chi connectivity index (χ1) is 14.0. The van der Waals surface area contributed by atoms with Crippen LogP contribution in [0.25, 0.3) is 6.08 Å². The third-order valence-corrected chi connectivity index (χ3v) is 5.32. The molecule has 29 heavy (non-hydrogen) atoms. The van der Waals surface area contributed by atoms with Crippen LogP contribution < -0.4 is 14.2 Å². The zero-order valence-electron chi connectivity index (χ0n) is 15.8. The largest absolute Gasteiger partial charge is 0.479 e. The molecule has 0 saturated heterocycles. The lowest BCUT2D eigenvalue weighted by Crippen LogP contribution is -2.08. The second kappa shape index (κ2) is 7.92. The van der Waals surface area contributed by atoms with Gasteiger partial charge < -0.3 is 18.7 Å². The lowest BCUT2D eigenvalue weighted by Gasteiger charge is -2.05. The van der Waals surface area contributed by atoms with Gasteiger partial charge in [0.25, 0.3) is 5.88 Å². The molecule has 1 aromatic carbocycles. The fraction of sp³-hybridized carbons (Fsp3) is 0.190. The quantitative estimate of drug-likeness (QED) is 0.341. The number of fused-ring (bicyclic) bond motifs is 1. The number of methoxy groups -OCH3 is 1. The number of carbonyl (C=O) groups excluding carboxylic acids is 2. The van der Waals surface area contributed by atoms with Gasteiger partial charge in [0, 0.05) is 29.5 Å². The van der Waals surface area contributed by atoms with Crippen LogP contribution >= 0.6 is 11.3 Å². The Bertz CT molecular complexity index is 1110. The maximum Gasteiger partial charge on any atom is 0.311 e. The van der Waals surface area contributed by atoms with E-state index in [9.17, 15) is 9.59 Å². The molecule has 0 saturated carbocycles. The summed E-state index contributed by atoms with van der Waals surface area (Å²) in [5.74, 6) is 1.20. The smallest absolute Gasteiger partial charge is 0.311 e. The van der Waals surface area contributed by atoms with E-state index in [1.165, 1.54) is 18.4 Å². The van der Waals surface area contributed by atoms with Crippen LogP contribution in [0.1, 0.15) is 33.0 Å². The Kier molecular flexibility index (Phi) is 5.18. The molecule has 0 spiro atoms. The molecule has 8 heteroatoms. The highest BCUT2D eigenvalue weighted by molar-refractivity contribution is 7.11. The van der Waals surface area contributed by atoms with Crippen LogP contribution in [0.4, 0.5) is 0 Å². The van der Waals surface area contributed by atoms with Crippen molar-refractivity contribution in [1.82, 2.24) is 5.16 Å². The molecule has 0 radical (unpaired) electrons. The van der Waals surface area contributed by atoms with Gasteiger partial charge in [0.15, 0.2) is 5.76 Å². The van der Waals surface area contributed by atoms with E-state index in [0.717, 1.165) is 10.4 Å². The van der Waals surface area contributed by atoms with Crippen LogP contribution in [0, 0.1) is 6.92 Å². The van der Waals surface area contributed by atoms with Gasteiger partial charge in [0.2, 0.25) is 5.78 Å². The maximum absolute atomic E-state index is 12.5. The van der Waals surface area contributed by atoms with Crippen molar-refractivity contribution < 1.29 is 28.3 Å². The Balaban J connectivity index is 1.41. The van der Waals surface area contributed by atoms with Gasteiger partial charge in [-0.1, -0.05) is 0 Å². The number of ether oxygens (including phenoxy) is 3. The summed E-state index contributed by atoms with van der Waals surface area (Å²) in [5.41, 5.74) is 1.52. The number of esters is 1. The molecule has 3 aromatic rings. The van der Waals surface area contributed by atoms with Gasteiger partial charge in [0.05, 0.1) is 19.1 Å². The van der Waals surface area contributed by atoms with Crippen LogP contribution in [0.15, 0.2) is 46.0 Å². The van der Waals surface area contributed by atoms with Crippen LogP contribution in [0.5, 0.6) is 17.4 Å². The van der Waals surface area contributed by atoms with Crippen molar-refractivity contribution in [3.8, 4) is 17.4 Å². The van der Waals surface area contributed by atoms with E-state index in [1.807, 2.05) is 18.4 Å². The van der Waals surface area contributed by atoms with E-state index < -0.39 is 5.97 Å².